The summed E-state index contributed by atoms with van der Waals surface area (Å²) >= 11 is 3.42. The second-order valence-corrected chi connectivity index (χ2v) is 11.6. The third-order valence-electron chi connectivity index (χ3n) is 7.95. The van der Waals surface area contributed by atoms with Gasteiger partial charge in [-0.05, 0) is 67.9 Å². The van der Waals surface area contributed by atoms with E-state index in [9.17, 15) is 34.8 Å². The number of nitrogens with zero attached hydrogens (tertiary/aromatic N) is 1. The van der Waals surface area contributed by atoms with Gasteiger partial charge < -0.3 is 25.5 Å². The number of aliphatic carboxylic acids is 1. The van der Waals surface area contributed by atoms with Crippen molar-refractivity contribution in [2.75, 3.05) is 19.8 Å². The molecule has 40 heavy (non-hydrogen) atoms. The summed E-state index contributed by atoms with van der Waals surface area (Å²) in [6, 6.07) is 5.17. The number of hydrogen-bond acceptors (Lipinski definition) is 7. The summed E-state index contributed by atoms with van der Waals surface area (Å²) in [5.41, 5.74) is 2.62. The van der Waals surface area contributed by atoms with Gasteiger partial charge in [-0.25, -0.2) is 0 Å². The van der Waals surface area contributed by atoms with Crippen molar-refractivity contribution in [3.8, 4) is 5.75 Å². The number of benzene rings is 1. The van der Waals surface area contributed by atoms with Gasteiger partial charge in [-0.1, -0.05) is 47.3 Å². The number of halogens is 1. The number of carboxylic acids is 1. The summed E-state index contributed by atoms with van der Waals surface area (Å²) in [6.07, 6.45) is 5.00. The highest BCUT2D eigenvalue weighted by atomic mass is 79.9. The molecule has 0 unspecified atom stereocenters. The maximum absolute atomic E-state index is 13.4. The van der Waals surface area contributed by atoms with Crippen LogP contribution >= 0.6 is 15.9 Å². The van der Waals surface area contributed by atoms with Crippen LogP contribution in [-0.2, 0) is 14.4 Å². The lowest BCUT2D eigenvalue weighted by Crippen LogP contribution is -2.39. The predicted octanol–water partition coefficient (Wildman–Crippen LogP) is 4.03. The van der Waals surface area contributed by atoms with Crippen LogP contribution in [0.3, 0.4) is 0 Å². The Labute approximate surface area is 243 Å². The first-order valence-electron chi connectivity index (χ1n) is 14.0. The minimum atomic E-state index is -1.02. The smallest absolute Gasteiger partial charge is 0.303 e. The standard InChI is InChI=1S/C30H40BrNO8/c1-2-6-18(13-19-14-21(31)9-11-24(19)35)8-10-25(36)27-20(16-33)15-22-28(23(27)17-34)30(40)32(29(22)39)12-5-3-4-7-26(37)38/h9,11,13-14,22-23,25,28,33-36H,2-8,10,12,15-17H2,1H3,(H,37,38)/b18-13+/t22-,23+,25-,28-/m1/s1. The van der Waals surface area contributed by atoms with Crippen LogP contribution in [0, 0.1) is 17.8 Å². The third kappa shape index (κ3) is 7.60. The van der Waals surface area contributed by atoms with E-state index in [-0.39, 0.29) is 43.6 Å². The van der Waals surface area contributed by atoms with Gasteiger partial charge in [0.25, 0.3) is 0 Å². The summed E-state index contributed by atoms with van der Waals surface area (Å²) in [5.74, 6) is -3.74. The molecule has 0 saturated carbocycles. The van der Waals surface area contributed by atoms with Crippen LogP contribution in [0.2, 0.25) is 0 Å². The first kappa shape index (κ1) is 32.0. The number of unbranched alkanes of at least 4 members (excludes halogenated alkanes) is 2. The molecule has 1 fully saturated rings. The van der Waals surface area contributed by atoms with Crippen molar-refractivity contribution >= 4 is 39.8 Å². The Morgan fingerprint density at radius 1 is 1.12 bits per heavy atom. The molecule has 9 nitrogen and oxygen atoms in total. The van der Waals surface area contributed by atoms with Crippen molar-refractivity contribution < 1.29 is 39.9 Å². The number of amides is 2. The molecule has 2 aliphatic rings. The predicted molar refractivity (Wildman–Crippen MR) is 153 cm³/mol. The fourth-order valence-corrected chi connectivity index (χ4v) is 6.42. The Balaban J connectivity index is 1.76. The van der Waals surface area contributed by atoms with Gasteiger partial charge in [-0.3, -0.25) is 19.3 Å². The SMILES string of the molecule is CCC/C(=C\c1cc(Br)ccc1O)CC[C@@H](O)C1=C(CO)C[C@H]2C(=O)N(CCCCCC(=O)O)C(=O)[C@H]2[C@H]1CO. The lowest BCUT2D eigenvalue weighted by Gasteiger charge is -2.36. The molecule has 1 aliphatic carbocycles. The minimum absolute atomic E-state index is 0.0317. The largest absolute Gasteiger partial charge is 0.507 e. The number of likely N-dealkylation sites (tertiary alicyclic amines) is 1. The molecular weight excluding hydrogens is 582 g/mol. The number of aliphatic hydroxyl groups is 3. The number of imide groups is 1. The van der Waals surface area contributed by atoms with Crippen LogP contribution in [-0.4, -0.2) is 74.1 Å². The molecule has 4 atom stereocenters. The number of rotatable bonds is 15. The van der Waals surface area contributed by atoms with Crippen molar-refractivity contribution in [3.63, 3.8) is 0 Å². The molecule has 0 bridgehead atoms. The number of aliphatic hydroxyl groups excluding tert-OH is 3. The van der Waals surface area contributed by atoms with Crippen LogP contribution in [0.1, 0.15) is 70.3 Å². The van der Waals surface area contributed by atoms with Crippen molar-refractivity contribution in [2.45, 2.75) is 70.8 Å². The molecule has 10 heteroatoms. The van der Waals surface area contributed by atoms with Gasteiger partial charge in [-0.15, -0.1) is 0 Å². The number of carbonyl (C=O) groups excluding carboxylic acids is 2. The van der Waals surface area contributed by atoms with E-state index in [1.54, 1.807) is 12.1 Å². The number of carboxylic acid groups (broad SMARTS) is 1. The number of phenols is 1. The highest BCUT2D eigenvalue weighted by Gasteiger charge is 2.54. The van der Waals surface area contributed by atoms with Gasteiger partial charge in [0, 0.05) is 28.9 Å². The zero-order valence-electron chi connectivity index (χ0n) is 22.9. The van der Waals surface area contributed by atoms with Crippen LogP contribution in [0.25, 0.3) is 6.08 Å². The molecule has 220 valence electrons. The molecule has 1 aromatic carbocycles. The molecule has 1 saturated heterocycles. The number of hydrogen-bond donors (Lipinski definition) is 5. The van der Waals surface area contributed by atoms with Crippen molar-refractivity contribution in [1.82, 2.24) is 4.90 Å². The van der Waals surface area contributed by atoms with Gasteiger partial charge in [-0.2, -0.15) is 0 Å². The summed E-state index contributed by atoms with van der Waals surface area (Å²) in [7, 11) is 0. The Morgan fingerprint density at radius 2 is 1.88 bits per heavy atom. The van der Waals surface area contributed by atoms with Crippen LogP contribution in [0.15, 0.2) is 39.4 Å². The molecule has 5 N–H and O–H groups in total. The number of aromatic hydroxyl groups is 1. The molecular formula is C30H40BrNO8. The minimum Gasteiger partial charge on any atom is -0.507 e. The highest BCUT2D eigenvalue weighted by Crippen LogP contribution is 2.46. The zero-order chi connectivity index (χ0) is 29.4. The quantitative estimate of drug-likeness (QED) is 0.112. The van der Waals surface area contributed by atoms with Crippen molar-refractivity contribution in [1.29, 1.82) is 0 Å². The number of fused-ring (bicyclic) bond motifs is 1. The lowest BCUT2D eigenvalue weighted by molar-refractivity contribution is -0.141. The van der Waals surface area contributed by atoms with E-state index in [0.29, 0.717) is 48.8 Å². The Kier molecular flexibility index (Phi) is 11.9. The molecule has 1 heterocycles. The average molecular weight is 623 g/mol. The van der Waals surface area contributed by atoms with Gasteiger partial charge in [0.2, 0.25) is 11.8 Å². The van der Waals surface area contributed by atoms with Gasteiger partial charge >= 0.3 is 5.97 Å². The van der Waals surface area contributed by atoms with Gasteiger partial charge in [0.15, 0.2) is 0 Å². The van der Waals surface area contributed by atoms with Crippen molar-refractivity contribution in [2.24, 2.45) is 17.8 Å². The van der Waals surface area contributed by atoms with Crippen LogP contribution in [0.4, 0.5) is 0 Å². The topological polar surface area (TPSA) is 156 Å². The van der Waals surface area contributed by atoms with E-state index in [1.807, 2.05) is 19.1 Å². The van der Waals surface area contributed by atoms with E-state index in [1.165, 1.54) is 4.90 Å². The van der Waals surface area contributed by atoms with E-state index in [2.05, 4.69) is 15.9 Å². The summed E-state index contributed by atoms with van der Waals surface area (Å²) < 4.78 is 0.831. The maximum atomic E-state index is 13.4. The second-order valence-electron chi connectivity index (χ2n) is 10.7. The second kappa shape index (κ2) is 14.9. The summed E-state index contributed by atoms with van der Waals surface area (Å²) in [6.45, 7) is 1.40. The van der Waals surface area contributed by atoms with E-state index < -0.39 is 36.4 Å². The molecule has 1 aliphatic heterocycles. The molecule has 3 rings (SSSR count). The number of phenolic OH excluding ortho intramolecular Hbond substituents is 1. The Hall–Kier alpha value is -2.53. The van der Waals surface area contributed by atoms with E-state index >= 15 is 0 Å². The Bertz CT molecular complexity index is 1150. The molecule has 2 amide bonds. The molecule has 0 spiro atoms. The fourth-order valence-electron chi connectivity index (χ4n) is 6.04. The zero-order valence-corrected chi connectivity index (χ0v) is 24.5. The Morgan fingerprint density at radius 3 is 2.52 bits per heavy atom. The normalized spacial score (nSPS) is 22.2. The monoisotopic (exact) mass is 621 g/mol. The molecule has 0 aromatic heterocycles. The molecule has 1 aromatic rings. The van der Waals surface area contributed by atoms with Crippen molar-refractivity contribution in [3.05, 3.63) is 45.0 Å². The maximum Gasteiger partial charge on any atom is 0.303 e. The summed E-state index contributed by atoms with van der Waals surface area (Å²) in [5, 5.41) is 50.9. The highest BCUT2D eigenvalue weighted by molar-refractivity contribution is 9.10. The molecule has 0 radical (unpaired) electrons. The number of allylic oxidation sites excluding steroid dienone is 1. The lowest BCUT2D eigenvalue weighted by atomic mass is 9.68. The first-order valence-corrected chi connectivity index (χ1v) is 14.8. The van der Waals surface area contributed by atoms with Gasteiger partial charge in [0.1, 0.15) is 5.75 Å². The van der Waals surface area contributed by atoms with E-state index in [0.717, 1.165) is 22.9 Å². The van der Waals surface area contributed by atoms with Crippen LogP contribution in [0.5, 0.6) is 5.75 Å². The fraction of sp³-hybridized carbons (Fsp3) is 0.567. The first-order chi connectivity index (χ1) is 19.1. The third-order valence-corrected chi connectivity index (χ3v) is 8.45. The van der Waals surface area contributed by atoms with Crippen LogP contribution < -0.4 is 0 Å². The van der Waals surface area contributed by atoms with Gasteiger partial charge in [0.05, 0.1) is 31.2 Å². The summed E-state index contributed by atoms with van der Waals surface area (Å²) in [4.78, 5) is 38.5. The van der Waals surface area contributed by atoms with E-state index in [4.69, 9.17) is 5.11 Å². The average Bonchev–Trinajstić information content (AvgIpc) is 3.16. The number of carbonyl (C=O) groups is 3.